The maximum Gasteiger partial charge on any atom is 0.231 e. The van der Waals surface area contributed by atoms with Crippen molar-refractivity contribution in [2.24, 2.45) is 0 Å². The molecule has 0 N–H and O–H groups in total. The fourth-order valence-electron chi connectivity index (χ4n) is 3.80. The highest BCUT2D eigenvalue weighted by Gasteiger charge is 2.28. The topological polar surface area (TPSA) is 40.5 Å². The number of allylic oxidation sites excluding steroid dienone is 1. The van der Waals surface area contributed by atoms with Gasteiger partial charge >= 0.3 is 0 Å². The molecule has 1 aromatic heterocycles. The standard InChI is InChI=1S/C26H20BrNO3/c1-2-28-15-18(21-5-3-4-6-23(21)28)13-25-26(29)22-12-11-20(14-24(22)31-25)30-16-17-7-9-19(27)10-8-17/h3-15H,2,16H2,1H3/b25-13-. The number of carbonyl (C=O) groups is 1. The fourth-order valence-corrected chi connectivity index (χ4v) is 4.06. The Hall–Kier alpha value is -3.31. The molecule has 0 spiro atoms. The largest absolute Gasteiger partial charge is 0.489 e. The average Bonchev–Trinajstić information content (AvgIpc) is 3.31. The van der Waals surface area contributed by atoms with Crippen LogP contribution in [-0.4, -0.2) is 10.4 Å². The van der Waals surface area contributed by atoms with E-state index in [0.29, 0.717) is 29.4 Å². The third kappa shape index (κ3) is 3.77. The first-order valence-corrected chi connectivity index (χ1v) is 10.9. The molecule has 4 nitrogen and oxygen atoms in total. The first-order valence-electron chi connectivity index (χ1n) is 10.2. The van der Waals surface area contributed by atoms with E-state index in [2.05, 4.69) is 45.8 Å². The lowest BCUT2D eigenvalue weighted by molar-refractivity contribution is 0.101. The van der Waals surface area contributed by atoms with Crippen LogP contribution in [0.15, 0.2) is 83.2 Å². The summed E-state index contributed by atoms with van der Waals surface area (Å²) in [6.07, 6.45) is 3.89. The van der Waals surface area contributed by atoms with Crippen LogP contribution in [0.5, 0.6) is 11.5 Å². The third-order valence-electron chi connectivity index (χ3n) is 5.41. The van der Waals surface area contributed by atoms with Crippen molar-refractivity contribution in [1.29, 1.82) is 0 Å². The van der Waals surface area contributed by atoms with Crippen molar-refractivity contribution in [3.05, 3.63) is 99.8 Å². The Kier molecular flexibility index (Phi) is 5.12. The normalized spacial score (nSPS) is 14.1. The first-order chi connectivity index (χ1) is 15.1. The molecule has 0 amide bonds. The maximum atomic E-state index is 12.9. The number of Topliss-reactive ketones (excluding diaryl/α,β-unsaturated/α-hetero) is 1. The zero-order chi connectivity index (χ0) is 21.4. The number of para-hydroxylation sites is 1. The highest BCUT2D eigenvalue weighted by atomic mass is 79.9. The number of ether oxygens (including phenoxy) is 2. The zero-order valence-corrected chi connectivity index (χ0v) is 18.6. The molecule has 4 aromatic rings. The summed E-state index contributed by atoms with van der Waals surface area (Å²) in [5, 5.41) is 1.10. The Balaban J connectivity index is 1.39. The van der Waals surface area contributed by atoms with Crippen LogP contribution in [0.25, 0.3) is 17.0 Å². The number of nitrogens with zero attached hydrogens (tertiary/aromatic N) is 1. The maximum absolute atomic E-state index is 12.9. The minimum atomic E-state index is -0.109. The quantitative estimate of drug-likeness (QED) is 0.305. The molecule has 0 aliphatic carbocycles. The molecule has 0 fully saturated rings. The second kappa shape index (κ2) is 8.08. The molecule has 31 heavy (non-hydrogen) atoms. The van der Waals surface area contributed by atoms with Gasteiger partial charge in [-0.3, -0.25) is 4.79 Å². The number of carbonyl (C=O) groups excluding carboxylic acids is 1. The van der Waals surface area contributed by atoms with Crippen LogP contribution in [0.3, 0.4) is 0 Å². The first kappa shape index (κ1) is 19.6. The van der Waals surface area contributed by atoms with Crippen molar-refractivity contribution in [2.75, 3.05) is 0 Å². The van der Waals surface area contributed by atoms with Gasteiger partial charge in [-0.25, -0.2) is 0 Å². The number of aromatic nitrogens is 1. The molecule has 154 valence electrons. The highest BCUT2D eigenvalue weighted by Crippen LogP contribution is 2.36. The summed E-state index contributed by atoms with van der Waals surface area (Å²) in [4.78, 5) is 12.9. The lowest BCUT2D eigenvalue weighted by atomic mass is 10.1. The van der Waals surface area contributed by atoms with Crippen LogP contribution in [0, 0.1) is 0 Å². The van der Waals surface area contributed by atoms with Gasteiger partial charge in [0.1, 0.15) is 18.1 Å². The molecule has 5 rings (SSSR count). The number of ketones is 1. The highest BCUT2D eigenvalue weighted by molar-refractivity contribution is 9.10. The number of aryl methyl sites for hydroxylation is 1. The van der Waals surface area contributed by atoms with Crippen LogP contribution in [0.1, 0.15) is 28.4 Å². The van der Waals surface area contributed by atoms with E-state index in [1.54, 1.807) is 12.1 Å². The van der Waals surface area contributed by atoms with Crippen molar-refractivity contribution >= 4 is 38.7 Å². The molecule has 3 aromatic carbocycles. The molecule has 0 saturated heterocycles. The summed E-state index contributed by atoms with van der Waals surface area (Å²) in [6, 6.07) is 21.5. The summed E-state index contributed by atoms with van der Waals surface area (Å²) < 4.78 is 15.0. The molecule has 0 saturated carbocycles. The number of rotatable bonds is 5. The van der Waals surface area contributed by atoms with Gasteiger partial charge in [0, 0.05) is 39.7 Å². The molecule has 5 heteroatoms. The molecular formula is C26H20BrNO3. The van der Waals surface area contributed by atoms with E-state index < -0.39 is 0 Å². The Bertz CT molecular complexity index is 1320. The van der Waals surface area contributed by atoms with Crippen molar-refractivity contribution in [3.8, 4) is 11.5 Å². The van der Waals surface area contributed by atoms with Crippen molar-refractivity contribution in [3.63, 3.8) is 0 Å². The Morgan fingerprint density at radius 1 is 1.06 bits per heavy atom. The number of fused-ring (bicyclic) bond motifs is 2. The monoisotopic (exact) mass is 473 g/mol. The molecule has 1 aliphatic heterocycles. The SMILES string of the molecule is CCn1cc(/C=C2\Oc3cc(OCc4ccc(Br)cc4)ccc3C2=O)c2ccccc21. The Labute approximate surface area is 188 Å². The molecule has 0 atom stereocenters. The van der Waals surface area contributed by atoms with E-state index in [9.17, 15) is 4.79 Å². The minimum absolute atomic E-state index is 0.109. The van der Waals surface area contributed by atoms with Crippen molar-refractivity contribution < 1.29 is 14.3 Å². The van der Waals surface area contributed by atoms with Crippen LogP contribution in [0.4, 0.5) is 0 Å². The predicted molar refractivity (Wildman–Crippen MR) is 125 cm³/mol. The van der Waals surface area contributed by atoms with Crippen LogP contribution in [0.2, 0.25) is 0 Å². The van der Waals surface area contributed by atoms with Gasteiger partial charge < -0.3 is 14.0 Å². The van der Waals surface area contributed by atoms with Crippen LogP contribution in [-0.2, 0) is 13.2 Å². The predicted octanol–water partition coefficient (Wildman–Crippen LogP) is 6.62. The Morgan fingerprint density at radius 2 is 1.87 bits per heavy atom. The lowest BCUT2D eigenvalue weighted by Gasteiger charge is -2.07. The second-order valence-electron chi connectivity index (χ2n) is 7.40. The number of benzene rings is 3. The third-order valence-corrected chi connectivity index (χ3v) is 5.94. The molecule has 0 radical (unpaired) electrons. The van der Waals surface area contributed by atoms with Gasteiger partial charge in [-0.05, 0) is 48.9 Å². The zero-order valence-electron chi connectivity index (χ0n) is 17.0. The molecule has 2 heterocycles. The average molecular weight is 474 g/mol. The van der Waals surface area contributed by atoms with Gasteiger partial charge in [0.05, 0.1) is 5.56 Å². The lowest BCUT2D eigenvalue weighted by Crippen LogP contribution is -1.98. The van der Waals surface area contributed by atoms with Gasteiger partial charge in [-0.1, -0.05) is 46.3 Å². The van der Waals surface area contributed by atoms with E-state index in [-0.39, 0.29) is 5.78 Å². The molecule has 1 aliphatic rings. The number of hydrogen-bond acceptors (Lipinski definition) is 3. The summed E-state index contributed by atoms with van der Waals surface area (Å²) in [5.74, 6) is 1.42. The van der Waals surface area contributed by atoms with E-state index in [1.807, 2.05) is 48.5 Å². The summed E-state index contributed by atoms with van der Waals surface area (Å²) in [5.41, 5.74) is 3.74. The van der Waals surface area contributed by atoms with Crippen molar-refractivity contribution in [2.45, 2.75) is 20.1 Å². The Morgan fingerprint density at radius 3 is 2.68 bits per heavy atom. The fraction of sp³-hybridized carbons (Fsp3) is 0.115. The smallest absolute Gasteiger partial charge is 0.231 e. The van der Waals surface area contributed by atoms with Crippen LogP contribution >= 0.6 is 15.9 Å². The summed E-state index contributed by atoms with van der Waals surface area (Å²) in [7, 11) is 0. The van der Waals surface area contributed by atoms with Gasteiger partial charge in [-0.2, -0.15) is 0 Å². The van der Waals surface area contributed by atoms with Gasteiger partial charge in [0.2, 0.25) is 5.78 Å². The van der Waals surface area contributed by atoms with Gasteiger partial charge in [-0.15, -0.1) is 0 Å². The van der Waals surface area contributed by atoms with Crippen LogP contribution < -0.4 is 9.47 Å². The van der Waals surface area contributed by atoms with E-state index in [4.69, 9.17) is 9.47 Å². The van der Waals surface area contributed by atoms with Crippen molar-refractivity contribution in [1.82, 2.24) is 4.57 Å². The van der Waals surface area contributed by atoms with Gasteiger partial charge in [0.25, 0.3) is 0 Å². The summed E-state index contributed by atoms with van der Waals surface area (Å²) >= 11 is 3.43. The van der Waals surface area contributed by atoms with E-state index in [0.717, 1.165) is 33.0 Å². The molecule has 0 bridgehead atoms. The number of halogens is 1. The van der Waals surface area contributed by atoms with E-state index >= 15 is 0 Å². The molecule has 0 unspecified atom stereocenters. The van der Waals surface area contributed by atoms with E-state index in [1.165, 1.54) is 0 Å². The second-order valence-corrected chi connectivity index (χ2v) is 8.32. The molecular weight excluding hydrogens is 454 g/mol. The minimum Gasteiger partial charge on any atom is -0.489 e. The van der Waals surface area contributed by atoms with Gasteiger partial charge in [0.15, 0.2) is 5.76 Å². The summed E-state index contributed by atoms with van der Waals surface area (Å²) in [6.45, 7) is 3.41. The number of hydrogen-bond donors (Lipinski definition) is 0.